The molecule has 31 heavy (non-hydrogen) atoms. The molecule has 2 aromatic rings. The fourth-order valence-corrected chi connectivity index (χ4v) is 4.61. The van der Waals surface area contributed by atoms with Gasteiger partial charge in [-0.15, -0.1) is 0 Å². The Morgan fingerprint density at radius 1 is 1.19 bits per heavy atom. The van der Waals surface area contributed by atoms with Crippen LogP contribution in [-0.2, 0) is 14.8 Å². The Balaban J connectivity index is 1.95. The summed E-state index contributed by atoms with van der Waals surface area (Å²) >= 11 is 0. The van der Waals surface area contributed by atoms with Crippen LogP contribution in [0.3, 0.4) is 0 Å². The van der Waals surface area contributed by atoms with Gasteiger partial charge in [0, 0.05) is 30.8 Å². The first-order valence-corrected chi connectivity index (χ1v) is 10.7. The molecule has 1 N–H and O–H groups in total. The Morgan fingerprint density at radius 3 is 2.58 bits per heavy atom. The Hall–Kier alpha value is -3.22. The van der Waals surface area contributed by atoms with Gasteiger partial charge in [-0.05, 0) is 18.2 Å². The summed E-state index contributed by atoms with van der Waals surface area (Å²) in [6.45, 7) is 0.832. The molecule has 166 valence electrons. The van der Waals surface area contributed by atoms with Crippen molar-refractivity contribution in [1.29, 1.82) is 0 Å². The van der Waals surface area contributed by atoms with Gasteiger partial charge in [-0.2, -0.15) is 9.41 Å². The van der Waals surface area contributed by atoms with E-state index in [-0.39, 0.29) is 42.6 Å². The third kappa shape index (κ3) is 4.93. The molecule has 0 saturated carbocycles. The first kappa shape index (κ1) is 22.5. The normalized spacial score (nSPS) is 15.0. The summed E-state index contributed by atoms with van der Waals surface area (Å²) < 4.78 is 43.3. The number of methoxy groups -OCH3 is 2. The van der Waals surface area contributed by atoms with Crippen molar-refractivity contribution in [2.24, 2.45) is 5.10 Å². The van der Waals surface area contributed by atoms with E-state index in [9.17, 15) is 18.5 Å². The fraction of sp³-hybridized carbons (Fsp3) is 0.316. The lowest BCUT2D eigenvalue weighted by atomic mass is 10.2. The standard InChI is InChI=1S/C19H22N4O7S/c1-28-17-5-3-4-14(19(17)29-2)13-20-21-16-7-6-15(23(24)25)12-18(16)31(26,27)22-8-10-30-11-9-22/h3-7,12-13,21H,8-11H2,1-2H3/b20-13+. The molecule has 0 unspecified atom stereocenters. The van der Waals surface area contributed by atoms with E-state index in [0.29, 0.717) is 17.1 Å². The minimum atomic E-state index is -4.00. The zero-order valence-corrected chi connectivity index (χ0v) is 17.8. The first-order valence-electron chi connectivity index (χ1n) is 9.25. The molecular weight excluding hydrogens is 428 g/mol. The Bertz CT molecular complexity index is 1080. The summed E-state index contributed by atoms with van der Waals surface area (Å²) in [6.07, 6.45) is 1.44. The number of nitrogens with zero attached hydrogens (tertiary/aromatic N) is 3. The molecule has 0 aliphatic carbocycles. The van der Waals surface area contributed by atoms with E-state index in [1.54, 1.807) is 18.2 Å². The maximum absolute atomic E-state index is 13.1. The summed E-state index contributed by atoms with van der Waals surface area (Å²) in [7, 11) is -0.997. The summed E-state index contributed by atoms with van der Waals surface area (Å²) in [4.78, 5) is 10.3. The number of nitro groups is 1. The number of ether oxygens (including phenoxy) is 3. The number of anilines is 1. The second-order valence-corrected chi connectivity index (χ2v) is 8.31. The van der Waals surface area contributed by atoms with Gasteiger partial charge in [0.2, 0.25) is 10.0 Å². The summed E-state index contributed by atoms with van der Waals surface area (Å²) in [5, 5.41) is 15.3. The van der Waals surface area contributed by atoms with Crippen LogP contribution in [-0.4, -0.2) is 64.4 Å². The third-order valence-electron chi connectivity index (χ3n) is 4.59. The van der Waals surface area contributed by atoms with Crippen LogP contribution in [0, 0.1) is 10.1 Å². The number of hydrogen-bond acceptors (Lipinski definition) is 9. The van der Waals surface area contributed by atoms with Crippen molar-refractivity contribution in [2.75, 3.05) is 45.9 Å². The molecule has 0 atom stereocenters. The average Bonchev–Trinajstić information content (AvgIpc) is 2.79. The number of hydrazone groups is 1. The molecule has 0 spiro atoms. The molecule has 12 heteroatoms. The number of para-hydroxylation sites is 1. The molecule has 1 aliphatic heterocycles. The topological polar surface area (TPSA) is 133 Å². The van der Waals surface area contributed by atoms with E-state index in [0.717, 1.165) is 6.07 Å². The molecule has 1 aliphatic rings. The highest BCUT2D eigenvalue weighted by Gasteiger charge is 2.30. The molecule has 0 amide bonds. The number of nitrogens with one attached hydrogen (secondary N) is 1. The number of benzene rings is 2. The minimum Gasteiger partial charge on any atom is -0.493 e. The number of morpholine rings is 1. The highest BCUT2D eigenvalue weighted by molar-refractivity contribution is 7.89. The molecule has 2 aromatic carbocycles. The maximum Gasteiger partial charge on any atom is 0.270 e. The van der Waals surface area contributed by atoms with Crippen LogP contribution in [0.25, 0.3) is 0 Å². The number of sulfonamides is 1. The lowest BCUT2D eigenvalue weighted by Gasteiger charge is -2.26. The SMILES string of the molecule is COc1cccc(/C=N/Nc2ccc([N+](=O)[O-])cc2S(=O)(=O)N2CCOCC2)c1OC. The van der Waals surface area contributed by atoms with E-state index in [1.165, 1.54) is 36.9 Å². The van der Waals surface area contributed by atoms with Gasteiger partial charge in [-0.3, -0.25) is 15.5 Å². The molecule has 1 heterocycles. The molecule has 1 fully saturated rings. The lowest BCUT2D eigenvalue weighted by Crippen LogP contribution is -2.40. The predicted molar refractivity (Wildman–Crippen MR) is 113 cm³/mol. The molecular formula is C19H22N4O7S. The number of rotatable bonds is 8. The van der Waals surface area contributed by atoms with Gasteiger partial charge in [0.25, 0.3) is 5.69 Å². The average molecular weight is 450 g/mol. The molecule has 0 radical (unpaired) electrons. The van der Waals surface area contributed by atoms with Gasteiger partial charge in [-0.25, -0.2) is 8.42 Å². The van der Waals surface area contributed by atoms with Crippen molar-refractivity contribution < 1.29 is 27.6 Å². The summed E-state index contributed by atoms with van der Waals surface area (Å²) in [5.74, 6) is 0.970. The largest absolute Gasteiger partial charge is 0.493 e. The van der Waals surface area contributed by atoms with Gasteiger partial charge < -0.3 is 14.2 Å². The van der Waals surface area contributed by atoms with Gasteiger partial charge in [0.05, 0.1) is 44.3 Å². The summed E-state index contributed by atoms with van der Waals surface area (Å²) in [6, 6.07) is 8.77. The molecule has 0 bridgehead atoms. The van der Waals surface area contributed by atoms with Crippen molar-refractivity contribution in [3.63, 3.8) is 0 Å². The zero-order valence-electron chi connectivity index (χ0n) is 17.0. The molecule has 1 saturated heterocycles. The van der Waals surface area contributed by atoms with Crippen LogP contribution in [0.5, 0.6) is 11.5 Å². The first-order chi connectivity index (χ1) is 14.9. The van der Waals surface area contributed by atoms with Gasteiger partial charge >= 0.3 is 0 Å². The molecule has 3 rings (SSSR count). The minimum absolute atomic E-state index is 0.107. The van der Waals surface area contributed by atoms with E-state index in [2.05, 4.69) is 10.5 Å². The van der Waals surface area contributed by atoms with Crippen molar-refractivity contribution in [3.05, 3.63) is 52.1 Å². The smallest absolute Gasteiger partial charge is 0.270 e. The van der Waals surface area contributed by atoms with Gasteiger partial charge in [0.15, 0.2) is 11.5 Å². The monoisotopic (exact) mass is 450 g/mol. The van der Waals surface area contributed by atoms with Crippen molar-refractivity contribution in [1.82, 2.24) is 4.31 Å². The van der Waals surface area contributed by atoms with Crippen molar-refractivity contribution in [3.8, 4) is 11.5 Å². The van der Waals surface area contributed by atoms with Crippen LogP contribution in [0.4, 0.5) is 11.4 Å². The summed E-state index contributed by atoms with van der Waals surface area (Å²) in [5.41, 5.74) is 3.04. The van der Waals surface area contributed by atoms with Crippen LogP contribution in [0.2, 0.25) is 0 Å². The highest BCUT2D eigenvalue weighted by Crippen LogP contribution is 2.31. The van der Waals surface area contributed by atoms with E-state index in [4.69, 9.17) is 14.2 Å². The number of nitro benzene ring substituents is 1. The highest BCUT2D eigenvalue weighted by atomic mass is 32.2. The van der Waals surface area contributed by atoms with Crippen LogP contribution in [0.1, 0.15) is 5.56 Å². The van der Waals surface area contributed by atoms with E-state index < -0.39 is 14.9 Å². The number of hydrogen-bond donors (Lipinski definition) is 1. The van der Waals surface area contributed by atoms with Crippen molar-refractivity contribution in [2.45, 2.75) is 4.90 Å². The Kier molecular flexibility index (Phi) is 7.05. The number of non-ortho nitro benzene ring substituents is 1. The molecule has 11 nitrogen and oxygen atoms in total. The van der Waals surface area contributed by atoms with Crippen molar-refractivity contribution >= 4 is 27.6 Å². The van der Waals surface area contributed by atoms with Gasteiger partial charge in [0.1, 0.15) is 4.90 Å². The zero-order chi connectivity index (χ0) is 22.4. The lowest BCUT2D eigenvalue weighted by molar-refractivity contribution is -0.385. The van der Waals surface area contributed by atoms with Gasteiger partial charge in [-0.1, -0.05) is 6.07 Å². The predicted octanol–water partition coefficient (Wildman–Crippen LogP) is 2.08. The molecule has 0 aromatic heterocycles. The Morgan fingerprint density at radius 2 is 1.94 bits per heavy atom. The van der Waals surface area contributed by atoms with Crippen LogP contribution in [0.15, 0.2) is 46.4 Å². The fourth-order valence-electron chi connectivity index (χ4n) is 3.04. The van der Waals surface area contributed by atoms with E-state index >= 15 is 0 Å². The second-order valence-electron chi connectivity index (χ2n) is 6.41. The van der Waals surface area contributed by atoms with Crippen LogP contribution < -0.4 is 14.9 Å². The third-order valence-corrected chi connectivity index (χ3v) is 6.52. The second kappa shape index (κ2) is 9.73. The van der Waals surface area contributed by atoms with Crippen LogP contribution >= 0.6 is 0 Å². The quantitative estimate of drug-likeness (QED) is 0.367. The maximum atomic E-state index is 13.1. The Labute approximate surface area is 179 Å². The van der Waals surface area contributed by atoms with E-state index in [1.807, 2.05) is 0 Å².